The Bertz CT molecular complexity index is 896. The van der Waals surface area contributed by atoms with Crippen molar-refractivity contribution in [3.05, 3.63) is 82.9 Å². The molecule has 3 aromatic rings. The number of nitrogens with zero attached hydrogens (tertiary/aromatic N) is 3. The van der Waals surface area contributed by atoms with Gasteiger partial charge in [0.25, 0.3) is 0 Å². The zero-order chi connectivity index (χ0) is 18.6. The van der Waals surface area contributed by atoms with Crippen LogP contribution in [-0.4, -0.2) is 19.9 Å². The normalized spacial score (nSPS) is 13.7. The van der Waals surface area contributed by atoms with E-state index < -0.39 is 5.60 Å². The lowest BCUT2D eigenvalue weighted by atomic mass is 9.93. The Balaban J connectivity index is 1.88. The number of ether oxygens (including phenoxy) is 1. The first-order valence-corrected chi connectivity index (χ1v) is 8.68. The Morgan fingerprint density at radius 3 is 2.50 bits per heavy atom. The molecule has 0 unspecified atom stereocenters. The van der Waals surface area contributed by atoms with E-state index in [1.54, 1.807) is 65.6 Å². The molecule has 2 aromatic carbocycles. The Hall–Kier alpha value is -2.34. The highest BCUT2D eigenvalue weighted by molar-refractivity contribution is 6.31. The van der Waals surface area contributed by atoms with Crippen LogP contribution in [0.5, 0.6) is 11.5 Å². The van der Waals surface area contributed by atoms with Crippen LogP contribution in [0.1, 0.15) is 12.5 Å². The van der Waals surface area contributed by atoms with E-state index in [4.69, 9.17) is 27.9 Å². The van der Waals surface area contributed by atoms with Gasteiger partial charge in [-0.3, -0.25) is 0 Å². The first-order valence-electron chi connectivity index (χ1n) is 7.92. The number of allylic oxidation sites excluding steroid dienone is 1. The van der Waals surface area contributed by atoms with Gasteiger partial charge in [0.05, 0.1) is 11.6 Å². The molecule has 0 spiro atoms. The van der Waals surface area contributed by atoms with Crippen LogP contribution in [0.3, 0.4) is 0 Å². The van der Waals surface area contributed by atoms with Crippen molar-refractivity contribution in [3.8, 4) is 11.5 Å². The summed E-state index contributed by atoms with van der Waals surface area (Å²) in [5.74, 6) is 1.20. The number of rotatable bonds is 6. The van der Waals surface area contributed by atoms with Crippen LogP contribution in [0, 0.1) is 0 Å². The van der Waals surface area contributed by atoms with E-state index in [1.165, 1.54) is 6.33 Å². The average molecular weight is 390 g/mol. The third-order valence-corrected chi connectivity index (χ3v) is 4.33. The fourth-order valence-corrected chi connectivity index (χ4v) is 3.07. The van der Waals surface area contributed by atoms with Gasteiger partial charge in [-0.05, 0) is 43.3 Å². The molecule has 0 saturated heterocycles. The second-order valence-electron chi connectivity index (χ2n) is 5.71. The van der Waals surface area contributed by atoms with Crippen molar-refractivity contribution in [1.82, 2.24) is 14.8 Å². The van der Waals surface area contributed by atoms with Gasteiger partial charge in [0, 0.05) is 10.6 Å². The molecule has 0 bridgehead atoms. The molecular weight excluding hydrogens is 373 g/mol. The van der Waals surface area contributed by atoms with Crippen LogP contribution >= 0.6 is 23.2 Å². The molecule has 1 atom stereocenters. The van der Waals surface area contributed by atoms with Gasteiger partial charge in [-0.15, -0.1) is 0 Å². The lowest BCUT2D eigenvalue weighted by Gasteiger charge is -2.26. The maximum absolute atomic E-state index is 11.1. The van der Waals surface area contributed by atoms with Gasteiger partial charge >= 0.3 is 0 Å². The molecule has 1 N–H and O–H groups in total. The molecule has 1 heterocycles. The van der Waals surface area contributed by atoms with E-state index in [9.17, 15) is 5.11 Å². The Labute approximate surface area is 161 Å². The molecule has 0 aliphatic rings. The highest BCUT2D eigenvalue weighted by atomic mass is 35.5. The monoisotopic (exact) mass is 389 g/mol. The van der Waals surface area contributed by atoms with Gasteiger partial charge in [0.15, 0.2) is 0 Å². The summed E-state index contributed by atoms with van der Waals surface area (Å²) in [5.41, 5.74) is -0.769. The predicted octanol–water partition coefficient (Wildman–Crippen LogP) is 4.84. The molecule has 0 amide bonds. The van der Waals surface area contributed by atoms with Crippen LogP contribution in [0.4, 0.5) is 0 Å². The highest BCUT2D eigenvalue weighted by Gasteiger charge is 2.29. The topological polar surface area (TPSA) is 60.2 Å². The van der Waals surface area contributed by atoms with E-state index in [2.05, 4.69) is 10.1 Å². The van der Waals surface area contributed by atoms with Crippen molar-refractivity contribution >= 4 is 23.2 Å². The number of halogens is 2. The van der Waals surface area contributed by atoms with E-state index in [-0.39, 0.29) is 6.54 Å². The molecule has 134 valence electrons. The van der Waals surface area contributed by atoms with Crippen molar-refractivity contribution in [3.63, 3.8) is 0 Å². The fourth-order valence-electron chi connectivity index (χ4n) is 2.61. The summed E-state index contributed by atoms with van der Waals surface area (Å²) < 4.78 is 7.33. The molecule has 0 aliphatic heterocycles. The third-order valence-electron chi connectivity index (χ3n) is 3.77. The van der Waals surface area contributed by atoms with Crippen LogP contribution in [0.2, 0.25) is 10.0 Å². The number of hydrogen-bond acceptors (Lipinski definition) is 4. The van der Waals surface area contributed by atoms with Crippen LogP contribution in [0.15, 0.2) is 67.3 Å². The molecule has 1 aromatic heterocycles. The van der Waals surface area contributed by atoms with Gasteiger partial charge in [-0.25, -0.2) is 9.67 Å². The maximum atomic E-state index is 11.1. The minimum atomic E-state index is -1.32. The molecule has 0 fully saturated rings. The summed E-state index contributed by atoms with van der Waals surface area (Å²) in [5, 5.41) is 16.2. The zero-order valence-corrected chi connectivity index (χ0v) is 15.5. The van der Waals surface area contributed by atoms with Crippen LogP contribution < -0.4 is 4.74 Å². The van der Waals surface area contributed by atoms with Crippen LogP contribution in [-0.2, 0) is 12.1 Å². The first kappa shape index (κ1) is 18.5. The van der Waals surface area contributed by atoms with E-state index in [1.807, 2.05) is 6.92 Å². The number of benzene rings is 2. The fraction of sp³-hybridized carbons (Fsp3) is 0.158. The second-order valence-corrected chi connectivity index (χ2v) is 6.56. The van der Waals surface area contributed by atoms with Crippen LogP contribution in [0.25, 0.3) is 0 Å². The molecular formula is C19H17Cl2N3O2. The molecule has 0 aliphatic carbocycles. The smallest absolute Gasteiger partial charge is 0.137 e. The number of hydrogen-bond donors (Lipinski definition) is 1. The SMILES string of the molecule is CC=C[C@@](O)(Cn1cncn1)c1ccc(Oc2ccc(Cl)cc2)cc1Cl. The second kappa shape index (κ2) is 7.91. The summed E-state index contributed by atoms with van der Waals surface area (Å²) in [6.07, 6.45) is 6.40. The Morgan fingerprint density at radius 2 is 1.88 bits per heavy atom. The maximum Gasteiger partial charge on any atom is 0.137 e. The number of aliphatic hydroxyl groups is 1. The summed E-state index contributed by atoms with van der Waals surface area (Å²) in [7, 11) is 0. The van der Waals surface area contributed by atoms with Crippen molar-refractivity contribution in [2.45, 2.75) is 19.1 Å². The zero-order valence-electron chi connectivity index (χ0n) is 14.0. The van der Waals surface area contributed by atoms with Gasteiger partial charge in [-0.2, -0.15) is 5.10 Å². The van der Waals surface area contributed by atoms with Gasteiger partial charge in [-0.1, -0.05) is 41.4 Å². The van der Waals surface area contributed by atoms with Crippen molar-refractivity contribution in [1.29, 1.82) is 0 Å². The van der Waals surface area contributed by atoms with E-state index in [0.717, 1.165) is 0 Å². The summed E-state index contributed by atoms with van der Waals surface area (Å²) in [6, 6.07) is 12.2. The predicted molar refractivity (Wildman–Crippen MR) is 102 cm³/mol. The molecule has 7 heteroatoms. The summed E-state index contributed by atoms with van der Waals surface area (Å²) in [4.78, 5) is 3.90. The Morgan fingerprint density at radius 1 is 1.15 bits per heavy atom. The Kier molecular flexibility index (Phi) is 5.61. The minimum absolute atomic E-state index is 0.189. The quantitative estimate of drug-likeness (QED) is 0.612. The lowest BCUT2D eigenvalue weighted by Crippen LogP contribution is -2.30. The van der Waals surface area contributed by atoms with Gasteiger partial charge in [0.2, 0.25) is 0 Å². The summed E-state index contributed by atoms with van der Waals surface area (Å²) >= 11 is 12.3. The molecule has 0 saturated carbocycles. The largest absolute Gasteiger partial charge is 0.457 e. The molecule has 5 nitrogen and oxygen atoms in total. The molecule has 26 heavy (non-hydrogen) atoms. The standard InChI is InChI=1S/C19H17Cl2N3O2/c1-2-9-19(25,11-24-13-22-12-23-24)17-8-7-16(10-18(17)21)26-15-5-3-14(20)4-6-15/h2-10,12-13,25H,11H2,1H3/t19-/m1/s1. The van der Waals surface area contributed by atoms with Crippen molar-refractivity contribution in [2.24, 2.45) is 0 Å². The lowest BCUT2D eigenvalue weighted by molar-refractivity contribution is 0.0654. The summed E-state index contributed by atoms with van der Waals surface area (Å²) in [6.45, 7) is 2.02. The van der Waals surface area contributed by atoms with Crippen molar-refractivity contribution in [2.75, 3.05) is 0 Å². The first-order chi connectivity index (χ1) is 12.5. The molecule has 0 radical (unpaired) electrons. The third kappa shape index (κ3) is 4.25. The van der Waals surface area contributed by atoms with Gasteiger partial charge in [0.1, 0.15) is 29.8 Å². The average Bonchev–Trinajstić information content (AvgIpc) is 3.10. The highest BCUT2D eigenvalue weighted by Crippen LogP contribution is 2.35. The van der Waals surface area contributed by atoms with E-state index in [0.29, 0.717) is 27.1 Å². The van der Waals surface area contributed by atoms with Gasteiger partial charge < -0.3 is 9.84 Å². The van der Waals surface area contributed by atoms with Crippen molar-refractivity contribution < 1.29 is 9.84 Å². The molecule has 3 rings (SSSR count). The van der Waals surface area contributed by atoms with E-state index >= 15 is 0 Å². The minimum Gasteiger partial charge on any atom is -0.457 e. The number of aromatic nitrogens is 3.